The van der Waals surface area contributed by atoms with E-state index in [1.165, 1.54) is 11.3 Å². The molecule has 3 aromatic rings. The number of halogens is 1. The van der Waals surface area contributed by atoms with Crippen LogP contribution in [0.15, 0.2) is 46.2 Å². The number of hydrogen-bond acceptors (Lipinski definition) is 7. The number of amides is 1. The fourth-order valence-electron chi connectivity index (χ4n) is 2.04. The van der Waals surface area contributed by atoms with Crippen molar-refractivity contribution >= 4 is 34.8 Å². The van der Waals surface area contributed by atoms with Gasteiger partial charge in [0.15, 0.2) is 6.10 Å². The van der Waals surface area contributed by atoms with Crippen LogP contribution in [0.4, 0.5) is 0 Å². The van der Waals surface area contributed by atoms with Crippen LogP contribution >= 0.6 is 22.9 Å². The zero-order chi connectivity index (χ0) is 18.5. The number of esters is 1. The average molecular weight is 392 g/mol. The second kappa shape index (κ2) is 8.11. The van der Waals surface area contributed by atoms with E-state index in [1.807, 2.05) is 17.5 Å². The van der Waals surface area contributed by atoms with E-state index in [1.54, 1.807) is 31.2 Å². The molecule has 3 rings (SSSR count). The number of nitrogens with one attached hydrogen (secondary N) is 1. The lowest BCUT2D eigenvalue weighted by molar-refractivity contribution is -0.148. The molecule has 0 saturated carbocycles. The zero-order valence-electron chi connectivity index (χ0n) is 13.6. The van der Waals surface area contributed by atoms with Gasteiger partial charge in [-0.1, -0.05) is 17.7 Å². The highest BCUT2D eigenvalue weighted by Gasteiger charge is 2.19. The van der Waals surface area contributed by atoms with Crippen LogP contribution in [0.5, 0.6) is 0 Å². The monoisotopic (exact) mass is 391 g/mol. The third kappa shape index (κ3) is 4.47. The Morgan fingerprint density at radius 1 is 1.27 bits per heavy atom. The number of benzene rings is 1. The average Bonchev–Trinajstić information content (AvgIpc) is 3.31. The van der Waals surface area contributed by atoms with E-state index in [-0.39, 0.29) is 12.4 Å². The molecule has 1 N–H and O–H groups in total. The number of rotatable bonds is 6. The number of thiophene rings is 1. The van der Waals surface area contributed by atoms with Gasteiger partial charge in [0, 0.05) is 10.6 Å². The molecule has 1 aromatic carbocycles. The summed E-state index contributed by atoms with van der Waals surface area (Å²) in [7, 11) is 0. The SMILES string of the molecule is C[C@H](OC(=O)CNC(=O)c1ccc(Cl)cc1)c1nnc(-c2cccs2)o1. The smallest absolute Gasteiger partial charge is 0.326 e. The summed E-state index contributed by atoms with van der Waals surface area (Å²) in [6.07, 6.45) is -0.726. The predicted molar refractivity (Wildman–Crippen MR) is 95.9 cm³/mol. The molecule has 0 radical (unpaired) electrons. The van der Waals surface area contributed by atoms with Crippen molar-refractivity contribution in [2.75, 3.05) is 6.54 Å². The van der Waals surface area contributed by atoms with Gasteiger partial charge >= 0.3 is 5.97 Å². The van der Waals surface area contributed by atoms with Crippen LogP contribution in [0.1, 0.15) is 29.3 Å². The molecule has 0 aliphatic rings. The maximum Gasteiger partial charge on any atom is 0.326 e. The second-order valence-electron chi connectivity index (χ2n) is 5.24. The van der Waals surface area contributed by atoms with Gasteiger partial charge in [-0.3, -0.25) is 9.59 Å². The molecule has 26 heavy (non-hydrogen) atoms. The van der Waals surface area contributed by atoms with E-state index in [2.05, 4.69) is 15.5 Å². The van der Waals surface area contributed by atoms with Crippen molar-refractivity contribution < 1.29 is 18.7 Å². The Balaban J connectivity index is 1.51. The molecular weight excluding hydrogens is 378 g/mol. The predicted octanol–water partition coefficient (Wildman–Crippen LogP) is 3.49. The van der Waals surface area contributed by atoms with E-state index in [9.17, 15) is 9.59 Å². The molecule has 0 fully saturated rings. The van der Waals surface area contributed by atoms with Crippen LogP contribution in [0.25, 0.3) is 10.8 Å². The summed E-state index contributed by atoms with van der Waals surface area (Å²) in [5, 5.41) is 12.7. The Morgan fingerprint density at radius 3 is 2.73 bits per heavy atom. The molecule has 0 bridgehead atoms. The van der Waals surface area contributed by atoms with Crippen molar-refractivity contribution in [1.82, 2.24) is 15.5 Å². The van der Waals surface area contributed by atoms with Crippen molar-refractivity contribution in [2.45, 2.75) is 13.0 Å². The maximum absolute atomic E-state index is 11.9. The Labute approximate surface area is 158 Å². The van der Waals surface area contributed by atoms with Crippen LogP contribution in [-0.2, 0) is 9.53 Å². The number of nitrogens with zero attached hydrogens (tertiary/aromatic N) is 2. The van der Waals surface area contributed by atoms with Crippen LogP contribution in [0.2, 0.25) is 5.02 Å². The fourth-order valence-corrected chi connectivity index (χ4v) is 2.81. The largest absolute Gasteiger partial charge is 0.451 e. The Bertz CT molecular complexity index is 893. The van der Waals surface area contributed by atoms with E-state index in [4.69, 9.17) is 20.8 Å². The van der Waals surface area contributed by atoms with Crippen LogP contribution < -0.4 is 5.32 Å². The summed E-state index contributed by atoms with van der Waals surface area (Å²) in [5.74, 6) is -0.459. The van der Waals surface area contributed by atoms with Gasteiger partial charge in [0.2, 0.25) is 0 Å². The van der Waals surface area contributed by atoms with Crippen LogP contribution in [0.3, 0.4) is 0 Å². The van der Waals surface area contributed by atoms with Gasteiger partial charge in [0.1, 0.15) is 6.54 Å². The second-order valence-corrected chi connectivity index (χ2v) is 6.63. The first kappa shape index (κ1) is 18.1. The highest BCUT2D eigenvalue weighted by molar-refractivity contribution is 7.13. The first-order valence-electron chi connectivity index (χ1n) is 7.63. The summed E-state index contributed by atoms with van der Waals surface area (Å²) in [4.78, 5) is 24.7. The molecule has 0 spiro atoms. The van der Waals surface area contributed by atoms with E-state index < -0.39 is 18.0 Å². The van der Waals surface area contributed by atoms with Gasteiger partial charge in [0.25, 0.3) is 17.7 Å². The Kier molecular flexibility index (Phi) is 5.65. The standard InChI is InChI=1S/C17H14ClN3O4S/c1-10(16-20-21-17(25-16)13-3-2-8-26-13)24-14(22)9-19-15(23)11-4-6-12(18)7-5-11/h2-8,10H,9H2,1H3,(H,19,23)/t10-/m0/s1. The lowest BCUT2D eigenvalue weighted by atomic mass is 10.2. The molecule has 9 heteroatoms. The van der Waals surface area contributed by atoms with Crippen molar-refractivity contribution in [3.8, 4) is 10.8 Å². The molecule has 1 atom stereocenters. The molecule has 1 amide bonds. The van der Waals surface area contributed by atoms with Gasteiger partial charge in [-0.05, 0) is 42.6 Å². The minimum absolute atomic E-state index is 0.186. The molecule has 2 heterocycles. The van der Waals surface area contributed by atoms with Gasteiger partial charge in [0.05, 0.1) is 4.88 Å². The topological polar surface area (TPSA) is 94.3 Å². The van der Waals surface area contributed by atoms with E-state index >= 15 is 0 Å². The summed E-state index contributed by atoms with van der Waals surface area (Å²) < 4.78 is 10.7. The molecule has 0 saturated heterocycles. The lowest BCUT2D eigenvalue weighted by Gasteiger charge is -2.10. The third-order valence-corrected chi connectivity index (χ3v) is 4.44. The van der Waals surface area contributed by atoms with Gasteiger partial charge < -0.3 is 14.5 Å². The quantitative estimate of drug-likeness (QED) is 0.646. The van der Waals surface area contributed by atoms with E-state index in [0.29, 0.717) is 16.5 Å². The normalized spacial score (nSPS) is 11.8. The Morgan fingerprint density at radius 2 is 2.04 bits per heavy atom. The summed E-state index contributed by atoms with van der Waals surface area (Å²) >= 11 is 7.23. The molecule has 0 aliphatic carbocycles. The van der Waals surface area contributed by atoms with Crippen molar-refractivity contribution in [3.05, 3.63) is 58.3 Å². The summed E-state index contributed by atoms with van der Waals surface area (Å²) in [6.45, 7) is 1.34. The maximum atomic E-state index is 11.9. The van der Waals surface area contributed by atoms with Crippen LogP contribution in [0, 0.1) is 0 Å². The molecule has 0 aliphatic heterocycles. The summed E-state index contributed by atoms with van der Waals surface area (Å²) in [5.41, 5.74) is 0.396. The first-order chi connectivity index (χ1) is 12.5. The minimum atomic E-state index is -0.726. The first-order valence-corrected chi connectivity index (χ1v) is 8.89. The Hall–Kier alpha value is -2.71. The molecule has 7 nitrogen and oxygen atoms in total. The van der Waals surface area contributed by atoms with Crippen molar-refractivity contribution in [2.24, 2.45) is 0 Å². The number of aromatic nitrogens is 2. The molecule has 0 unspecified atom stereocenters. The lowest BCUT2D eigenvalue weighted by Crippen LogP contribution is -2.31. The number of carbonyl (C=O) groups is 2. The fraction of sp³-hybridized carbons (Fsp3) is 0.176. The highest BCUT2D eigenvalue weighted by Crippen LogP contribution is 2.25. The number of carbonyl (C=O) groups excluding carboxylic acids is 2. The third-order valence-electron chi connectivity index (χ3n) is 3.33. The summed E-state index contributed by atoms with van der Waals surface area (Å²) in [6, 6.07) is 10.0. The highest BCUT2D eigenvalue weighted by atomic mass is 35.5. The number of hydrogen-bond donors (Lipinski definition) is 1. The van der Waals surface area contributed by atoms with Crippen molar-refractivity contribution in [3.63, 3.8) is 0 Å². The zero-order valence-corrected chi connectivity index (χ0v) is 15.2. The van der Waals surface area contributed by atoms with Gasteiger partial charge in [-0.2, -0.15) is 0 Å². The van der Waals surface area contributed by atoms with Gasteiger partial charge in [-0.25, -0.2) is 0 Å². The molecular formula is C17H14ClN3O4S. The van der Waals surface area contributed by atoms with Gasteiger partial charge in [-0.15, -0.1) is 21.5 Å². The van der Waals surface area contributed by atoms with Crippen molar-refractivity contribution in [1.29, 1.82) is 0 Å². The molecule has 134 valence electrons. The van der Waals surface area contributed by atoms with E-state index in [0.717, 1.165) is 4.88 Å². The minimum Gasteiger partial charge on any atom is -0.451 e. The number of ether oxygens (including phenoxy) is 1. The molecule has 2 aromatic heterocycles. The van der Waals surface area contributed by atoms with Crippen LogP contribution in [-0.4, -0.2) is 28.6 Å².